The van der Waals surface area contributed by atoms with E-state index in [1.807, 2.05) is 24.3 Å². The lowest BCUT2D eigenvalue weighted by Gasteiger charge is -2.23. The van der Waals surface area contributed by atoms with Crippen LogP contribution in [0, 0.1) is 12.7 Å². The minimum atomic E-state index is -3.82. The second kappa shape index (κ2) is 6.23. The monoisotopic (exact) mass is 364 g/mol. The molecule has 0 saturated carbocycles. The van der Waals surface area contributed by atoms with Crippen LogP contribution in [-0.2, 0) is 10.0 Å². The van der Waals surface area contributed by atoms with Crippen LogP contribution in [0.1, 0.15) is 23.5 Å². The summed E-state index contributed by atoms with van der Waals surface area (Å²) in [6, 6.07) is 11.0. The highest BCUT2D eigenvalue weighted by Crippen LogP contribution is 2.32. The zero-order chi connectivity index (χ0) is 17.5. The van der Waals surface area contributed by atoms with Gasteiger partial charge in [-0.3, -0.25) is 0 Å². The molecule has 0 amide bonds. The van der Waals surface area contributed by atoms with Gasteiger partial charge in [0.15, 0.2) is 0 Å². The number of benzene rings is 2. The molecule has 0 radical (unpaired) electrons. The van der Waals surface area contributed by atoms with Gasteiger partial charge in [0.2, 0.25) is 10.0 Å². The molecule has 1 heterocycles. The van der Waals surface area contributed by atoms with Crippen LogP contribution < -0.4 is 0 Å². The molecule has 0 aliphatic heterocycles. The summed E-state index contributed by atoms with van der Waals surface area (Å²) in [4.78, 5) is 4.50. The van der Waals surface area contributed by atoms with E-state index < -0.39 is 21.9 Å². The van der Waals surface area contributed by atoms with Gasteiger partial charge in [-0.25, -0.2) is 17.8 Å². The molecule has 0 fully saturated rings. The van der Waals surface area contributed by atoms with E-state index in [1.165, 1.54) is 34.8 Å². The molecule has 1 aromatic heterocycles. The Labute approximate surface area is 144 Å². The lowest BCUT2D eigenvalue weighted by molar-refractivity contribution is 0.397. The molecule has 0 N–H and O–H groups in total. The SMILES string of the molecule is Cc1ccc(F)cc1S(=O)(=O)N(C)C(C)c1nc2ccccc2s1. The topological polar surface area (TPSA) is 50.3 Å². The third-order valence-electron chi connectivity index (χ3n) is 4.02. The number of aromatic nitrogens is 1. The van der Waals surface area contributed by atoms with Gasteiger partial charge in [-0.2, -0.15) is 4.31 Å². The average Bonchev–Trinajstić information content (AvgIpc) is 2.99. The summed E-state index contributed by atoms with van der Waals surface area (Å²) in [5, 5.41) is 0.705. The van der Waals surface area contributed by atoms with E-state index in [9.17, 15) is 12.8 Å². The van der Waals surface area contributed by atoms with Gasteiger partial charge in [-0.05, 0) is 43.7 Å². The first-order chi connectivity index (χ1) is 11.3. The molecule has 7 heteroatoms. The van der Waals surface area contributed by atoms with Crippen molar-refractivity contribution in [3.63, 3.8) is 0 Å². The van der Waals surface area contributed by atoms with Crippen LogP contribution in [0.5, 0.6) is 0 Å². The molecule has 24 heavy (non-hydrogen) atoms. The van der Waals surface area contributed by atoms with Crippen molar-refractivity contribution in [1.82, 2.24) is 9.29 Å². The molecule has 3 rings (SSSR count). The fourth-order valence-corrected chi connectivity index (χ4v) is 5.13. The maximum Gasteiger partial charge on any atom is 0.243 e. The van der Waals surface area contributed by atoms with E-state index in [4.69, 9.17) is 0 Å². The summed E-state index contributed by atoms with van der Waals surface area (Å²) >= 11 is 1.46. The maximum atomic E-state index is 13.5. The van der Waals surface area contributed by atoms with Gasteiger partial charge in [0.05, 0.1) is 21.2 Å². The molecule has 2 aromatic carbocycles. The molecule has 0 saturated heterocycles. The number of halogens is 1. The van der Waals surface area contributed by atoms with Crippen LogP contribution >= 0.6 is 11.3 Å². The Balaban J connectivity index is 2.00. The number of hydrogen-bond donors (Lipinski definition) is 0. The van der Waals surface area contributed by atoms with Crippen molar-refractivity contribution in [2.24, 2.45) is 0 Å². The summed E-state index contributed by atoms with van der Waals surface area (Å²) in [5.74, 6) is -0.569. The van der Waals surface area contributed by atoms with Crippen molar-refractivity contribution in [3.05, 3.63) is 58.9 Å². The van der Waals surface area contributed by atoms with Crippen molar-refractivity contribution >= 4 is 31.6 Å². The van der Waals surface area contributed by atoms with Crippen molar-refractivity contribution in [2.75, 3.05) is 7.05 Å². The summed E-state index contributed by atoms with van der Waals surface area (Å²) in [6.45, 7) is 3.44. The number of hydrogen-bond acceptors (Lipinski definition) is 4. The zero-order valence-corrected chi connectivity index (χ0v) is 15.2. The van der Waals surface area contributed by atoms with Crippen LogP contribution in [-0.4, -0.2) is 24.8 Å². The van der Waals surface area contributed by atoms with E-state index in [-0.39, 0.29) is 4.90 Å². The van der Waals surface area contributed by atoms with Crippen molar-refractivity contribution in [2.45, 2.75) is 24.8 Å². The lowest BCUT2D eigenvalue weighted by Crippen LogP contribution is -2.30. The molecular formula is C17H17FN2O2S2. The number of nitrogens with zero attached hydrogens (tertiary/aromatic N) is 2. The van der Waals surface area contributed by atoms with E-state index in [1.54, 1.807) is 13.8 Å². The highest BCUT2D eigenvalue weighted by atomic mass is 32.2. The molecule has 126 valence electrons. The summed E-state index contributed by atoms with van der Waals surface area (Å²) in [6.07, 6.45) is 0. The summed E-state index contributed by atoms with van der Waals surface area (Å²) in [7, 11) is -2.32. The Kier molecular flexibility index (Phi) is 4.42. The molecular weight excluding hydrogens is 347 g/mol. The van der Waals surface area contributed by atoms with Crippen LogP contribution in [0.15, 0.2) is 47.4 Å². The van der Waals surface area contributed by atoms with Gasteiger partial charge >= 0.3 is 0 Å². The predicted molar refractivity (Wildman–Crippen MR) is 94.1 cm³/mol. The first-order valence-electron chi connectivity index (χ1n) is 7.40. The first kappa shape index (κ1) is 17.0. The fraction of sp³-hybridized carbons (Fsp3) is 0.235. The Hall–Kier alpha value is -1.83. The summed E-state index contributed by atoms with van der Waals surface area (Å²) < 4.78 is 41.5. The highest BCUT2D eigenvalue weighted by molar-refractivity contribution is 7.89. The smallest absolute Gasteiger partial charge is 0.239 e. The number of sulfonamides is 1. The van der Waals surface area contributed by atoms with Gasteiger partial charge in [-0.15, -0.1) is 11.3 Å². The number of rotatable bonds is 4. The minimum Gasteiger partial charge on any atom is -0.239 e. The molecule has 0 bridgehead atoms. The Morgan fingerprint density at radius 3 is 2.62 bits per heavy atom. The molecule has 1 atom stereocenters. The van der Waals surface area contributed by atoms with Gasteiger partial charge in [-0.1, -0.05) is 18.2 Å². The Bertz CT molecular complexity index is 966. The van der Waals surface area contributed by atoms with Gasteiger partial charge in [0, 0.05) is 7.05 Å². The average molecular weight is 364 g/mol. The third-order valence-corrected chi connectivity index (χ3v) is 7.30. The highest BCUT2D eigenvalue weighted by Gasteiger charge is 2.29. The number of para-hydroxylation sites is 1. The van der Waals surface area contributed by atoms with E-state index >= 15 is 0 Å². The van der Waals surface area contributed by atoms with Crippen LogP contribution in [0.2, 0.25) is 0 Å². The van der Waals surface area contributed by atoms with Crippen molar-refractivity contribution < 1.29 is 12.8 Å². The van der Waals surface area contributed by atoms with Gasteiger partial charge in [0.25, 0.3) is 0 Å². The number of fused-ring (bicyclic) bond motifs is 1. The summed E-state index contributed by atoms with van der Waals surface area (Å²) in [5.41, 5.74) is 1.36. The van der Waals surface area contributed by atoms with E-state index in [2.05, 4.69) is 4.98 Å². The zero-order valence-electron chi connectivity index (χ0n) is 13.5. The van der Waals surface area contributed by atoms with E-state index in [0.29, 0.717) is 10.6 Å². The molecule has 4 nitrogen and oxygen atoms in total. The normalized spacial score (nSPS) is 13.5. The van der Waals surface area contributed by atoms with Crippen molar-refractivity contribution in [3.8, 4) is 0 Å². The second-order valence-electron chi connectivity index (χ2n) is 5.63. The minimum absolute atomic E-state index is 0.0158. The Morgan fingerprint density at radius 1 is 1.21 bits per heavy atom. The van der Waals surface area contributed by atoms with Gasteiger partial charge < -0.3 is 0 Å². The standard InChI is InChI=1S/C17H17FN2O2S2/c1-11-8-9-13(18)10-16(11)24(21,22)20(3)12(2)17-19-14-6-4-5-7-15(14)23-17/h4-10,12H,1-3H3. The fourth-order valence-electron chi connectivity index (χ4n) is 2.44. The quantitative estimate of drug-likeness (QED) is 0.699. The van der Waals surface area contributed by atoms with Crippen molar-refractivity contribution in [1.29, 1.82) is 0 Å². The first-order valence-corrected chi connectivity index (χ1v) is 9.66. The molecule has 3 aromatic rings. The maximum absolute atomic E-state index is 13.5. The van der Waals surface area contributed by atoms with Crippen LogP contribution in [0.25, 0.3) is 10.2 Å². The molecule has 1 unspecified atom stereocenters. The molecule has 0 aliphatic carbocycles. The Morgan fingerprint density at radius 2 is 1.92 bits per heavy atom. The third kappa shape index (κ3) is 2.94. The predicted octanol–water partition coefficient (Wildman–Crippen LogP) is 4.13. The second-order valence-corrected chi connectivity index (χ2v) is 8.66. The van der Waals surface area contributed by atoms with Crippen LogP contribution in [0.4, 0.5) is 4.39 Å². The number of thiazole rings is 1. The molecule has 0 spiro atoms. The van der Waals surface area contributed by atoms with Gasteiger partial charge in [0.1, 0.15) is 10.8 Å². The largest absolute Gasteiger partial charge is 0.243 e. The molecule has 0 aliphatic rings. The van der Waals surface area contributed by atoms with Crippen LogP contribution in [0.3, 0.4) is 0 Å². The van der Waals surface area contributed by atoms with E-state index in [0.717, 1.165) is 16.3 Å². The lowest BCUT2D eigenvalue weighted by atomic mass is 10.2. The number of aryl methyl sites for hydroxylation is 1.